The van der Waals surface area contributed by atoms with Crippen LogP contribution in [0.2, 0.25) is 5.02 Å². The zero-order chi connectivity index (χ0) is 13.8. The van der Waals surface area contributed by atoms with Gasteiger partial charge in [-0.3, -0.25) is 0 Å². The van der Waals surface area contributed by atoms with Crippen LogP contribution in [0.5, 0.6) is 5.75 Å². The second-order valence-corrected chi connectivity index (χ2v) is 5.88. The summed E-state index contributed by atoms with van der Waals surface area (Å²) in [6.45, 7) is 2.49. The van der Waals surface area contributed by atoms with Crippen molar-refractivity contribution in [3.63, 3.8) is 0 Å². The summed E-state index contributed by atoms with van der Waals surface area (Å²) in [5.74, 6) is 1.27. The summed E-state index contributed by atoms with van der Waals surface area (Å²) in [5.41, 5.74) is 3.08. The maximum atomic E-state index is 5.96. The highest BCUT2D eigenvalue weighted by Crippen LogP contribution is 2.30. The number of aryl methyl sites for hydroxylation is 1. The first-order chi connectivity index (χ1) is 9.10. The molecule has 0 spiro atoms. The van der Waals surface area contributed by atoms with Gasteiger partial charge in [0.25, 0.3) is 0 Å². The van der Waals surface area contributed by atoms with E-state index in [1.807, 2.05) is 43.3 Å². The smallest absolute Gasteiger partial charge is 0.127 e. The average molecular weight is 360 g/mol. The van der Waals surface area contributed by atoms with Crippen molar-refractivity contribution in [1.29, 1.82) is 0 Å². The number of rotatable bonds is 4. The molecule has 0 atom stereocenters. The Hall–Kier alpha value is -0.700. The van der Waals surface area contributed by atoms with Gasteiger partial charge in [0, 0.05) is 15.1 Å². The summed E-state index contributed by atoms with van der Waals surface area (Å²) in [4.78, 5) is 0. The van der Waals surface area contributed by atoms with Gasteiger partial charge >= 0.3 is 0 Å². The Morgan fingerprint density at radius 3 is 2.68 bits per heavy atom. The summed E-state index contributed by atoms with van der Waals surface area (Å²) >= 11 is 15.4. The number of benzene rings is 2. The van der Waals surface area contributed by atoms with Gasteiger partial charge in [0.15, 0.2) is 0 Å². The second-order valence-electron chi connectivity index (χ2n) is 4.26. The molecule has 0 amide bonds. The van der Waals surface area contributed by atoms with Crippen molar-refractivity contribution in [2.45, 2.75) is 19.4 Å². The van der Waals surface area contributed by atoms with Crippen LogP contribution in [0.15, 0.2) is 40.9 Å². The molecule has 100 valence electrons. The third kappa shape index (κ3) is 3.88. The van der Waals surface area contributed by atoms with Crippen LogP contribution in [-0.2, 0) is 12.5 Å². The normalized spacial score (nSPS) is 10.5. The maximum absolute atomic E-state index is 5.96. The fourth-order valence-corrected chi connectivity index (χ4v) is 2.92. The molecule has 19 heavy (non-hydrogen) atoms. The van der Waals surface area contributed by atoms with Gasteiger partial charge in [-0.15, -0.1) is 11.6 Å². The van der Waals surface area contributed by atoms with E-state index < -0.39 is 0 Å². The highest BCUT2D eigenvalue weighted by atomic mass is 79.9. The Kier molecular flexibility index (Phi) is 5.14. The molecule has 0 aliphatic rings. The lowest BCUT2D eigenvalue weighted by Crippen LogP contribution is -2.00. The predicted octanol–water partition coefficient (Wildman–Crippen LogP) is 5.73. The molecular weight excluding hydrogens is 347 g/mol. The van der Waals surface area contributed by atoms with E-state index in [0.717, 1.165) is 26.9 Å². The molecule has 2 aromatic carbocycles. The molecule has 2 rings (SSSR count). The van der Waals surface area contributed by atoms with Gasteiger partial charge in [-0.25, -0.2) is 0 Å². The molecule has 0 aliphatic carbocycles. The van der Waals surface area contributed by atoms with Gasteiger partial charge in [-0.05, 0) is 42.3 Å². The summed E-state index contributed by atoms with van der Waals surface area (Å²) in [5, 5.41) is 0.714. The van der Waals surface area contributed by atoms with Crippen LogP contribution in [0, 0.1) is 6.92 Å². The SMILES string of the molecule is Cc1cc(Br)cc(CCl)c1OCc1cccc(Cl)c1. The lowest BCUT2D eigenvalue weighted by Gasteiger charge is -2.14. The van der Waals surface area contributed by atoms with Crippen molar-refractivity contribution >= 4 is 39.1 Å². The molecule has 0 heterocycles. The Labute approximate surface area is 131 Å². The summed E-state index contributed by atoms with van der Waals surface area (Å²) < 4.78 is 6.90. The van der Waals surface area contributed by atoms with Crippen LogP contribution in [0.3, 0.4) is 0 Å². The quantitative estimate of drug-likeness (QED) is 0.633. The monoisotopic (exact) mass is 358 g/mol. The molecule has 4 heteroatoms. The molecule has 0 N–H and O–H groups in total. The van der Waals surface area contributed by atoms with Crippen molar-refractivity contribution in [1.82, 2.24) is 0 Å². The molecule has 0 unspecified atom stereocenters. The second kappa shape index (κ2) is 6.65. The molecule has 1 nitrogen and oxygen atoms in total. The van der Waals surface area contributed by atoms with E-state index in [9.17, 15) is 0 Å². The molecule has 0 saturated carbocycles. The lowest BCUT2D eigenvalue weighted by atomic mass is 10.1. The first-order valence-electron chi connectivity index (χ1n) is 5.82. The van der Waals surface area contributed by atoms with Crippen LogP contribution in [0.1, 0.15) is 16.7 Å². The topological polar surface area (TPSA) is 9.23 Å². The highest BCUT2D eigenvalue weighted by molar-refractivity contribution is 9.10. The van der Waals surface area contributed by atoms with Crippen molar-refractivity contribution < 1.29 is 4.74 Å². The van der Waals surface area contributed by atoms with E-state index in [1.54, 1.807) is 0 Å². The van der Waals surface area contributed by atoms with Gasteiger partial charge in [0.1, 0.15) is 12.4 Å². The first-order valence-corrected chi connectivity index (χ1v) is 7.53. The minimum Gasteiger partial charge on any atom is -0.488 e. The highest BCUT2D eigenvalue weighted by Gasteiger charge is 2.08. The van der Waals surface area contributed by atoms with Crippen molar-refractivity contribution in [3.8, 4) is 5.75 Å². The van der Waals surface area contributed by atoms with E-state index in [0.29, 0.717) is 17.5 Å². The Balaban J connectivity index is 2.19. The molecule has 0 saturated heterocycles. The minimum atomic E-state index is 0.422. The van der Waals surface area contributed by atoms with Crippen LogP contribution in [0.25, 0.3) is 0 Å². The van der Waals surface area contributed by atoms with Gasteiger partial charge in [-0.2, -0.15) is 0 Å². The van der Waals surface area contributed by atoms with Crippen LogP contribution < -0.4 is 4.74 Å². The average Bonchev–Trinajstić information content (AvgIpc) is 2.37. The van der Waals surface area contributed by atoms with E-state index >= 15 is 0 Å². The number of halogens is 3. The fourth-order valence-electron chi connectivity index (χ4n) is 1.89. The third-order valence-electron chi connectivity index (χ3n) is 2.73. The van der Waals surface area contributed by atoms with Crippen molar-refractivity contribution in [2.75, 3.05) is 0 Å². The Bertz CT molecular complexity index is 584. The molecule has 2 aromatic rings. The molecule has 0 aromatic heterocycles. The molecule has 0 fully saturated rings. The summed E-state index contributed by atoms with van der Waals surface area (Å²) in [7, 11) is 0. The Morgan fingerprint density at radius 1 is 1.21 bits per heavy atom. The fraction of sp³-hybridized carbons (Fsp3) is 0.200. The predicted molar refractivity (Wildman–Crippen MR) is 84.2 cm³/mol. The van der Waals surface area contributed by atoms with Crippen LogP contribution in [0.4, 0.5) is 0 Å². The lowest BCUT2D eigenvalue weighted by molar-refractivity contribution is 0.301. The van der Waals surface area contributed by atoms with Crippen LogP contribution >= 0.6 is 39.1 Å². The number of hydrogen-bond acceptors (Lipinski definition) is 1. The number of alkyl halides is 1. The van der Waals surface area contributed by atoms with Crippen molar-refractivity contribution in [3.05, 3.63) is 62.6 Å². The minimum absolute atomic E-state index is 0.422. The Morgan fingerprint density at radius 2 is 2.00 bits per heavy atom. The largest absolute Gasteiger partial charge is 0.488 e. The zero-order valence-corrected chi connectivity index (χ0v) is 13.5. The van der Waals surface area contributed by atoms with E-state index in [1.165, 1.54) is 0 Å². The standard InChI is InChI=1S/C15H13BrCl2O/c1-10-5-13(16)7-12(8-17)15(10)19-9-11-3-2-4-14(18)6-11/h2-7H,8-9H2,1H3. The number of hydrogen-bond donors (Lipinski definition) is 0. The van der Waals surface area contributed by atoms with Crippen molar-refractivity contribution in [2.24, 2.45) is 0 Å². The van der Waals surface area contributed by atoms with E-state index in [4.69, 9.17) is 27.9 Å². The van der Waals surface area contributed by atoms with E-state index in [2.05, 4.69) is 15.9 Å². The first kappa shape index (κ1) is 14.7. The van der Waals surface area contributed by atoms with Gasteiger partial charge in [-0.1, -0.05) is 39.7 Å². The zero-order valence-electron chi connectivity index (χ0n) is 10.4. The third-order valence-corrected chi connectivity index (χ3v) is 3.71. The van der Waals surface area contributed by atoms with Crippen LogP contribution in [-0.4, -0.2) is 0 Å². The summed E-state index contributed by atoms with van der Waals surface area (Å²) in [6, 6.07) is 11.6. The van der Waals surface area contributed by atoms with Gasteiger partial charge in [0.05, 0.1) is 5.88 Å². The molecule has 0 aliphatic heterocycles. The van der Waals surface area contributed by atoms with Gasteiger partial charge < -0.3 is 4.74 Å². The van der Waals surface area contributed by atoms with E-state index in [-0.39, 0.29) is 0 Å². The van der Waals surface area contributed by atoms with Gasteiger partial charge in [0.2, 0.25) is 0 Å². The molecule has 0 bridgehead atoms. The molecular formula is C15H13BrCl2O. The maximum Gasteiger partial charge on any atom is 0.127 e. The summed E-state index contributed by atoms with van der Waals surface area (Å²) in [6.07, 6.45) is 0. The molecule has 0 radical (unpaired) electrons. The number of ether oxygens (including phenoxy) is 1.